The summed E-state index contributed by atoms with van der Waals surface area (Å²) >= 11 is 0. The molecule has 0 radical (unpaired) electrons. The van der Waals surface area contributed by atoms with E-state index in [9.17, 15) is 4.79 Å². The van der Waals surface area contributed by atoms with Crippen LogP contribution in [0.3, 0.4) is 0 Å². The molecule has 0 aromatic carbocycles. The van der Waals surface area contributed by atoms with Crippen molar-refractivity contribution >= 4 is 5.97 Å². The number of rotatable bonds is 5. The van der Waals surface area contributed by atoms with Crippen molar-refractivity contribution in [1.29, 1.82) is 0 Å². The van der Waals surface area contributed by atoms with Crippen LogP contribution in [0.25, 0.3) is 0 Å². The molecule has 100 valence electrons. The molecule has 7 heteroatoms. The van der Waals surface area contributed by atoms with Crippen molar-refractivity contribution in [1.82, 2.24) is 15.0 Å². The van der Waals surface area contributed by atoms with Crippen LogP contribution >= 0.6 is 0 Å². The molecule has 1 aliphatic heterocycles. The van der Waals surface area contributed by atoms with Crippen molar-refractivity contribution in [2.75, 3.05) is 13.2 Å². The van der Waals surface area contributed by atoms with Crippen LogP contribution in [-0.2, 0) is 27.4 Å². The highest BCUT2D eigenvalue weighted by Crippen LogP contribution is 2.12. The van der Waals surface area contributed by atoms with Gasteiger partial charge < -0.3 is 15.2 Å². The summed E-state index contributed by atoms with van der Waals surface area (Å²) in [5, 5.41) is 7.57. The average molecular weight is 254 g/mol. The van der Waals surface area contributed by atoms with Gasteiger partial charge in [0, 0.05) is 13.2 Å². The third-order valence-corrected chi connectivity index (χ3v) is 2.79. The Balaban J connectivity index is 1.71. The quantitative estimate of drug-likeness (QED) is 0.734. The smallest absolute Gasteiger partial charge is 0.327 e. The lowest BCUT2D eigenvalue weighted by molar-refractivity contribution is -0.150. The Labute approximate surface area is 105 Å². The van der Waals surface area contributed by atoms with Gasteiger partial charge in [-0.2, -0.15) is 0 Å². The first-order chi connectivity index (χ1) is 8.78. The molecule has 2 rings (SSSR count). The van der Waals surface area contributed by atoms with Crippen molar-refractivity contribution in [2.45, 2.75) is 38.5 Å². The number of aromatic nitrogens is 3. The molecular weight excluding hydrogens is 236 g/mol. The van der Waals surface area contributed by atoms with Crippen LogP contribution in [-0.4, -0.2) is 40.3 Å². The summed E-state index contributed by atoms with van der Waals surface area (Å²) in [5.74, 6) is -0.336. The Bertz CT molecular complexity index is 387. The monoisotopic (exact) mass is 254 g/mol. The molecule has 1 aromatic rings. The summed E-state index contributed by atoms with van der Waals surface area (Å²) < 4.78 is 12.0. The minimum atomic E-state index is -0.336. The van der Waals surface area contributed by atoms with Crippen LogP contribution < -0.4 is 5.73 Å². The van der Waals surface area contributed by atoms with E-state index in [0.29, 0.717) is 18.8 Å². The molecule has 0 aliphatic carbocycles. The van der Waals surface area contributed by atoms with E-state index in [2.05, 4.69) is 10.3 Å². The normalized spacial score (nSPS) is 19.7. The highest BCUT2D eigenvalue weighted by molar-refractivity contribution is 5.69. The molecule has 2 N–H and O–H groups in total. The van der Waals surface area contributed by atoms with Crippen LogP contribution in [0.4, 0.5) is 0 Å². The zero-order valence-corrected chi connectivity index (χ0v) is 10.2. The first-order valence-electron chi connectivity index (χ1n) is 6.14. The van der Waals surface area contributed by atoms with Crippen LogP contribution in [0.15, 0.2) is 6.20 Å². The van der Waals surface area contributed by atoms with E-state index in [1.54, 1.807) is 6.20 Å². The molecule has 0 amide bonds. The lowest BCUT2D eigenvalue weighted by Gasteiger charge is -2.21. The van der Waals surface area contributed by atoms with Gasteiger partial charge in [-0.15, -0.1) is 5.10 Å². The molecule has 0 saturated carbocycles. The van der Waals surface area contributed by atoms with Crippen molar-refractivity contribution in [3.05, 3.63) is 11.9 Å². The van der Waals surface area contributed by atoms with Crippen LogP contribution in [0.1, 0.15) is 25.0 Å². The third-order valence-electron chi connectivity index (χ3n) is 2.79. The number of hydrogen-bond acceptors (Lipinski definition) is 6. The number of nitrogens with zero attached hydrogens (tertiary/aromatic N) is 3. The second kappa shape index (κ2) is 6.46. The first kappa shape index (κ1) is 13.0. The maximum absolute atomic E-state index is 11.6. The van der Waals surface area contributed by atoms with Crippen LogP contribution in [0.2, 0.25) is 0 Å². The van der Waals surface area contributed by atoms with E-state index >= 15 is 0 Å². The molecule has 18 heavy (non-hydrogen) atoms. The SMILES string of the molecule is NCc1cn(CC(=O)OCC2CCCCO2)nn1. The Morgan fingerprint density at radius 2 is 2.50 bits per heavy atom. The second-order valence-corrected chi connectivity index (χ2v) is 4.28. The summed E-state index contributed by atoms with van der Waals surface area (Å²) in [7, 11) is 0. The lowest BCUT2D eigenvalue weighted by Crippen LogP contribution is -2.27. The molecule has 1 aromatic heterocycles. The molecule has 1 fully saturated rings. The van der Waals surface area contributed by atoms with Gasteiger partial charge in [0.25, 0.3) is 0 Å². The second-order valence-electron chi connectivity index (χ2n) is 4.28. The molecule has 7 nitrogen and oxygen atoms in total. The zero-order chi connectivity index (χ0) is 12.8. The van der Waals surface area contributed by atoms with Crippen molar-refractivity contribution in [3.63, 3.8) is 0 Å². The predicted octanol–water partition coefficient (Wildman–Crippen LogP) is -0.151. The van der Waals surface area contributed by atoms with Gasteiger partial charge in [-0.3, -0.25) is 4.79 Å². The minimum Gasteiger partial charge on any atom is -0.462 e. The number of ether oxygens (including phenoxy) is 2. The van der Waals surface area contributed by atoms with Crippen molar-refractivity contribution in [2.24, 2.45) is 5.73 Å². The van der Waals surface area contributed by atoms with Crippen LogP contribution in [0, 0.1) is 0 Å². The maximum Gasteiger partial charge on any atom is 0.327 e. The van der Waals surface area contributed by atoms with Gasteiger partial charge in [0.15, 0.2) is 0 Å². The molecule has 1 atom stereocenters. The van der Waals surface area contributed by atoms with Gasteiger partial charge >= 0.3 is 5.97 Å². The number of nitrogens with two attached hydrogens (primary N) is 1. The molecule has 1 aliphatic rings. The van der Waals surface area contributed by atoms with Gasteiger partial charge in [-0.05, 0) is 19.3 Å². The van der Waals surface area contributed by atoms with Crippen LogP contribution in [0.5, 0.6) is 0 Å². The number of carbonyl (C=O) groups is 1. The molecule has 0 spiro atoms. The van der Waals surface area contributed by atoms with E-state index in [0.717, 1.165) is 25.9 Å². The Morgan fingerprint density at radius 1 is 1.61 bits per heavy atom. The van der Waals surface area contributed by atoms with Gasteiger partial charge in [-0.25, -0.2) is 4.68 Å². The van der Waals surface area contributed by atoms with Crippen molar-refractivity contribution in [3.8, 4) is 0 Å². The summed E-state index contributed by atoms with van der Waals surface area (Å²) in [6.07, 6.45) is 4.85. The summed E-state index contributed by atoms with van der Waals surface area (Å²) in [4.78, 5) is 11.6. The lowest BCUT2D eigenvalue weighted by atomic mass is 10.1. The largest absolute Gasteiger partial charge is 0.462 e. The van der Waals surface area contributed by atoms with Gasteiger partial charge in [-0.1, -0.05) is 5.21 Å². The minimum absolute atomic E-state index is 0.0399. The Kier molecular flexibility index (Phi) is 4.66. The number of carbonyl (C=O) groups excluding carboxylic acids is 1. The van der Waals surface area contributed by atoms with E-state index in [1.165, 1.54) is 4.68 Å². The van der Waals surface area contributed by atoms with Gasteiger partial charge in [0.05, 0.1) is 18.0 Å². The molecule has 1 saturated heterocycles. The Morgan fingerprint density at radius 3 is 3.17 bits per heavy atom. The topological polar surface area (TPSA) is 92.3 Å². The maximum atomic E-state index is 11.6. The van der Waals surface area contributed by atoms with E-state index < -0.39 is 0 Å². The fourth-order valence-electron chi connectivity index (χ4n) is 1.81. The van der Waals surface area contributed by atoms with E-state index in [-0.39, 0.29) is 18.6 Å². The zero-order valence-electron chi connectivity index (χ0n) is 10.2. The van der Waals surface area contributed by atoms with Gasteiger partial charge in [0.1, 0.15) is 13.2 Å². The summed E-state index contributed by atoms with van der Waals surface area (Å²) in [6, 6.07) is 0. The molecule has 0 bridgehead atoms. The highest BCUT2D eigenvalue weighted by atomic mass is 16.6. The first-order valence-corrected chi connectivity index (χ1v) is 6.14. The van der Waals surface area contributed by atoms with Crippen molar-refractivity contribution < 1.29 is 14.3 Å². The molecule has 2 heterocycles. The Hall–Kier alpha value is -1.47. The highest BCUT2D eigenvalue weighted by Gasteiger charge is 2.16. The van der Waals surface area contributed by atoms with Gasteiger partial charge in [0.2, 0.25) is 0 Å². The molecule has 1 unspecified atom stereocenters. The summed E-state index contributed by atoms with van der Waals surface area (Å²) in [5.41, 5.74) is 6.05. The standard InChI is InChI=1S/C11H18N4O3/c12-5-9-6-15(14-13-9)7-11(16)18-8-10-3-1-2-4-17-10/h6,10H,1-5,7-8,12H2. The van der Waals surface area contributed by atoms with E-state index in [1.807, 2.05) is 0 Å². The third kappa shape index (κ3) is 3.78. The number of esters is 1. The molecular formula is C11H18N4O3. The summed E-state index contributed by atoms with van der Waals surface area (Å²) in [6.45, 7) is 1.44. The predicted molar refractivity (Wildman–Crippen MR) is 62.5 cm³/mol. The fourth-order valence-corrected chi connectivity index (χ4v) is 1.81. The fraction of sp³-hybridized carbons (Fsp3) is 0.727. The average Bonchev–Trinajstić information content (AvgIpc) is 2.85. The van der Waals surface area contributed by atoms with E-state index in [4.69, 9.17) is 15.2 Å². The number of hydrogen-bond donors (Lipinski definition) is 1.